The van der Waals surface area contributed by atoms with E-state index in [-0.39, 0.29) is 0 Å². The fraction of sp³-hybridized carbons (Fsp3) is 1.00. The van der Waals surface area contributed by atoms with E-state index < -0.39 is 0 Å². The Balaban J connectivity index is 1.87. The third-order valence-corrected chi connectivity index (χ3v) is 3.98. The Hall–Kier alpha value is -0.120. The predicted octanol–water partition coefficient (Wildman–Crippen LogP) is -1.64. The van der Waals surface area contributed by atoms with Gasteiger partial charge in [-0.1, -0.05) is 0 Å². The smallest absolute Gasteiger partial charge is 0.104 e. The number of nitrogens with one attached hydrogen (secondary N) is 2. The van der Waals surface area contributed by atoms with Crippen LogP contribution < -0.4 is 9.80 Å². The molecule has 0 unspecified atom stereocenters. The number of morpholine rings is 1. The van der Waals surface area contributed by atoms with Crippen LogP contribution in [0.2, 0.25) is 0 Å². The molecule has 2 rings (SSSR count). The molecule has 2 fully saturated rings. The summed E-state index contributed by atoms with van der Waals surface area (Å²) in [5.41, 5.74) is 0. The molecule has 15 heavy (non-hydrogen) atoms. The summed E-state index contributed by atoms with van der Waals surface area (Å²) in [6, 6.07) is 0.905. The Bertz CT molecular complexity index is 192. The van der Waals surface area contributed by atoms with Gasteiger partial charge in [0.25, 0.3) is 0 Å². The van der Waals surface area contributed by atoms with Gasteiger partial charge in [-0.3, -0.25) is 0 Å². The molecule has 0 radical (unpaired) electrons. The van der Waals surface area contributed by atoms with Crippen molar-refractivity contribution >= 4 is 0 Å². The van der Waals surface area contributed by atoms with Crippen molar-refractivity contribution in [3.05, 3.63) is 0 Å². The van der Waals surface area contributed by atoms with Crippen molar-refractivity contribution in [2.45, 2.75) is 44.9 Å². The highest BCUT2D eigenvalue weighted by Gasteiger charge is 2.34. The summed E-state index contributed by atoms with van der Waals surface area (Å²) in [4.78, 5) is 3.51. The summed E-state index contributed by atoms with van der Waals surface area (Å²) in [5.74, 6) is 0. The molecule has 0 bridgehead atoms. The van der Waals surface area contributed by atoms with Gasteiger partial charge in [0, 0.05) is 12.8 Å². The van der Waals surface area contributed by atoms with Gasteiger partial charge in [0.05, 0.1) is 26.2 Å². The highest BCUT2D eigenvalue weighted by Crippen LogP contribution is 2.02. The second-order valence-corrected chi connectivity index (χ2v) is 5.56. The van der Waals surface area contributed by atoms with Crippen LogP contribution in [0.1, 0.15) is 26.7 Å². The molecule has 2 N–H and O–H groups in total. The summed E-state index contributed by atoms with van der Waals surface area (Å²) in [5, 5.41) is 0. The lowest BCUT2D eigenvalue weighted by Gasteiger charge is -2.39. The molecule has 2 aliphatic heterocycles. The van der Waals surface area contributed by atoms with Crippen molar-refractivity contribution in [3.8, 4) is 0 Å². The molecule has 0 aromatic carbocycles. The van der Waals surface area contributed by atoms with E-state index >= 15 is 0 Å². The number of hydrogen-bond donors (Lipinski definition) is 2. The second kappa shape index (κ2) is 4.81. The standard InChI is InChI=1S/C12H24N2O/c1-10-8-14(9-11(2)15-10)12-4-6-13(3)7-5-12/h10-12H,4-9H2,1-3H3/p+2/t10-,11-/m0/s1. The molecule has 2 aliphatic rings. The van der Waals surface area contributed by atoms with Gasteiger partial charge in [0.2, 0.25) is 0 Å². The van der Waals surface area contributed by atoms with Crippen molar-refractivity contribution in [3.63, 3.8) is 0 Å². The summed E-state index contributed by atoms with van der Waals surface area (Å²) in [7, 11) is 2.32. The van der Waals surface area contributed by atoms with Gasteiger partial charge in [-0.05, 0) is 13.8 Å². The average molecular weight is 214 g/mol. The van der Waals surface area contributed by atoms with E-state index in [0.29, 0.717) is 12.2 Å². The zero-order valence-electron chi connectivity index (χ0n) is 10.4. The highest BCUT2D eigenvalue weighted by atomic mass is 16.5. The van der Waals surface area contributed by atoms with E-state index in [1.165, 1.54) is 39.0 Å². The lowest BCUT2D eigenvalue weighted by Crippen LogP contribution is -3.21. The van der Waals surface area contributed by atoms with Gasteiger partial charge < -0.3 is 14.5 Å². The molecule has 2 saturated heterocycles. The van der Waals surface area contributed by atoms with E-state index in [0.717, 1.165) is 6.04 Å². The summed E-state index contributed by atoms with van der Waals surface area (Å²) in [6.07, 6.45) is 3.72. The Kier molecular flexibility index (Phi) is 3.65. The molecule has 0 aromatic heterocycles. The van der Waals surface area contributed by atoms with Crippen LogP contribution in [0.25, 0.3) is 0 Å². The largest absolute Gasteiger partial charge is 0.364 e. The van der Waals surface area contributed by atoms with E-state index in [1.54, 1.807) is 9.80 Å². The van der Waals surface area contributed by atoms with Crippen LogP contribution in [0.3, 0.4) is 0 Å². The predicted molar refractivity (Wildman–Crippen MR) is 60.3 cm³/mol. The van der Waals surface area contributed by atoms with Crippen molar-refractivity contribution < 1.29 is 14.5 Å². The first-order valence-electron chi connectivity index (χ1n) is 6.46. The topological polar surface area (TPSA) is 18.1 Å². The number of rotatable bonds is 1. The maximum Gasteiger partial charge on any atom is 0.104 e. The van der Waals surface area contributed by atoms with E-state index in [1.807, 2.05) is 0 Å². The van der Waals surface area contributed by atoms with Crippen molar-refractivity contribution in [2.24, 2.45) is 0 Å². The first kappa shape index (κ1) is 11.4. The van der Waals surface area contributed by atoms with Gasteiger partial charge in [0.1, 0.15) is 25.3 Å². The van der Waals surface area contributed by atoms with Gasteiger partial charge in [-0.25, -0.2) is 0 Å². The zero-order chi connectivity index (χ0) is 10.8. The molecule has 2 heterocycles. The SMILES string of the molecule is C[C@H]1C[NH+](C2CC[NH+](C)CC2)C[C@H](C)O1. The normalized spacial score (nSPS) is 47.8. The highest BCUT2D eigenvalue weighted by molar-refractivity contribution is 4.65. The Labute approximate surface area is 93.4 Å². The molecule has 0 aliphatic carbocycles. The minimum Gasteiger partial charge on any atom is -0.364 e. The second-order valence-electron chi connectivity index (χ2n) is 5.56. The van der Waals surface area contributed by atoms with E-state index in [2.05, 4.69) is 20.9 Å². The fourth-order valence-corrected chi connectivity index (χ4v) is 3.17. The number of quaternary nitrogens is 2. The molecule has 88 valence electrons. The minimum atomic E-state index is 0.454. The van der Waals surface area contributed by atoms with E-state index in [4.69, 9.17) is 4.74 Å². The molecule has 0 spiro atoms. The number of hydrogen-bond acceptors (Lipinski definition) is 1. The van der Waals surface area contributed by atoms with Crippen LogP contribution in [-0.4, -0.2) is 51.5 Å². The number of piperidine rings is 1. The van der Waals surface area contributed by atoms with Gasteiger partial charge in [-0.2, -0.15) is 0 Å². The lowest BCUT2D eigenvalue weighted by atomic mass is 10.0. The third kappa shape index (κ3) is 2.92. The number of ether oxygens (including phenoxy) is 1. The van der Waals surface area contributed by atoms with Crippen LogP contribution in [-0.2, 0) is 4.74 Å². The molecular formula is C12H26N2O+2. The monoisotopic (exact) mass is 214 g/mol. The zero-order valence-corrected chi connectivity index (χ0v) is 10.4. The van der Waals surface area contributed by atoms with Gasteiger partial charge >= 0.3 is 0 Å². The summed E-state index contributed by atoms with van der Waals surface area (Å²) in [6.45, 7) is 9.59. The van der Waals surface area contributed by atoms with Crippen LogP contribution in [0.15, 0.2) is 0 Å². The van der Waals surface area contributed by atoms with Gasteiger partial charge in [-0.15, -0.1) is 0 Å². The molecule has 2 atom stereocenters. The molecule has 3 heteroatoms. The molecular weight excluding hydrogens is 188 g/mol. The lowest BCUT2D eigenvalue weighted by molar-refractivity contribution is -0.961. The Morgan fingerprint density at radius 1 is 1.00 bits per heavy atom. The van der Waals surface area contributed by atoms with Crippen LogP contribution in [0.5, 0.6) is 0 Å². The van der Waals surface area contributed by atoms with E-state index in [9.17, 15) is 0 Å². The Morgan fingerprint density at radius 2 is 1.53 bits per heavy atom. The summed E-state index contributed by atoms with van der Waals surface area (Å²) >= 11 is 0. The minimum absolute atomic E-state index is 0.454. The fourth-order valence-electron chi connectivity index (χ4n) is 3.17. The van der Waals surface area contributed by atoms with Gasteiger partial charge in [0.15, 0.2) is 0 Å². The summed E-state index contributed by atoms with van der Waals surface area (Å²) < 4.78 is 5.80. The quantitative estimate of drug-likeness (QED) is 0.536. The molecule has 0 aromatic rings. The maximum atomic E-state index is 5.80. The van der Waals surface area contributed by atoms with Crippen molar-refractivity contribution in [1.82, 2.24) is 0 Å². The first-order valence-corrected chi connectivity index (χ1v) is 6.46. The number of likely N-dealkylation sites (tertiary alicyclic amines) is 1. The third-order valence-electron chi connectivity index (χ3n) is 3.98. The first-order chi connectivity index (χ1) is 7.15. The average Bonchev–Trinajstić information content (AvgIpc) is 2.17. The van der Waals surface area contributed by atoms with Crippen LogP contribution in [0, 0.1) is 0 Å². The molecule has 3 nitrogen and oxygen atoms in total. The molecule has 0 saturated carbocycles. The van der Waals surface area contributed by atoms with Crippen LogP contribution >= 0.6 is 0 Å². The van der Waals surface area contributed by atoms with Crippen LogP contribution in [0.4, 0.5) is 0 Å². The van der Waals surface area contributed by atoms with Crippen molar-refractivity contribution in [2.75, 3.05) is 33.2 Å². The van der Waals surface area contributed by atoms with Crippen molar-refractivity contribution in [1.29, 1.82) is 0 Å². The maximum absolute atomic E-state index is 5.80. The molecule has 0 amide bonds. The Morgan fingerprint density at radius 3 is 2.07 bits per heavy atom.